The van der Waals surface area contributed by atoms with E-state index in [1.54, 1.807) is 12.1 Å². The lowest BCUT2D eigenvalue weighted by molar-refractivity contribution is -0.139. The van der Waals surface area contributed by atoms with E-state index >= 15 is 0 Å². The van der Waals surface area contributed by atoms with Gasteiger partial charge in [-0.15, -0.1) is 0 Å². The smallest absolute Gasteiger partial charge is 0.341 e. The Bertz CT molecular complexity index is 520. The Balaban J connectivity index is 1.92. The van der Waals surface area contributed by atoms with Gasteiger partial charge < -0.3 is 15.2 Å². The summed E-state index contributed by atoms with van der Waals surface area (Å²) in [6.45, 7) is 3.63. The van der Waals surface area contributed by atoms with E-state index in [1.807, 2.05) is 26.0 Å². The molecule has 1 fully saturated rings. The summed E-state index contributed by atoms with van der Waals surface area (Å²) >= 11 is 0. The molecule has 0 saturated heterocycles. The molecule has 0 radical (unpaired) electrons. The number of nitrogens with one attached hydrogen (secondary N) is 1. The van der Waals surface area contributed by atoms with Crippen LogP contribution in [0.3, 0.4) is 0 Å². The first-order chi connectivity index (χ1) is 9.97. The molecule has 1 aromatic rings. The number of hydrogen-bond donors (Lipinski definition) is 2. The molecule has 1 amide bonds. The van der Waals surface area contributed by atoms with E-state index in [2.05, 4.69) is 5.32 Å². The first-order valence-electron chi connectivity index (χ1n) is 7.22. The molecular formula is C16H21NO4. The van der Waals surface area contributed by atoms with Crippen LogP contribution >= 0.6 is 0 Å². The number of carbonyl (C=O) groups excluding carboxylic acids is 1. The van der Waals surface area contributed by atoms with Crippen molar-refractivity contribution >= 4 is 11.9 Å². The van der Waals surface area contributed by atoms with E-state index in [-0.39, 0.29) is 24.0 Å². The first-order valence-corrected chi connectivity index (χ1v) is 7.22. The summed E-state index contributed by atoms with van der Waals surface area (Å²) in [5, 5.41) is 11.6. The van der Waals surface area contributed by atoms with E-state index in [9.17, 15) is 9.59 Å². The van der Waals surface area contributed by atoms with Crippen molar-refractivity contribution < 1.29 is 19.4 Å². The number of ether oxygens (including phenoxy) is 1. The standard InChI is InChI=1S/C16H21NO4/c1-3-16(8-9-16)15(20)17-11(2)12-4-6-13(7-5-12)21-10-14(18)19/h4-7,11H,3,8-10H2,1-2H3,(H,17,20)(H,18,19). The SMILES string of the molecule is CCC1(C(=O)NC(C)c2ccc(OCC(=O)O)cc2)CC1. The van der Waals surface area contributed by atoms with Gasteiger partial charge in [-0.3, -0.25) is 4.79 Å². The molecule has 1 unspecified atom stereocenters. The van der Waals surface area contributed by atoms with Gasteiger partial charge in [-0.1, -0.05) is 19.1 Å². The van der Waals surface area contributed by atoms with Gasteiger partial charge in [0.05, 0.1) is 6.04 Å². The number of carboxylic acid groups (broad SMARTS) is 1. The largest absolute Gasteiger partial charge is 0.482 e. The molecule has 0 aromatic heterocycles. The van der Waals surface area contributed by atoms with Gasteiger partial charge in [0, 0.05) is 5.41 Å². The van der Waals surface area contributed by atoms with E-state index in [0.29, 0.717) is 5.75 Å². The molecule has 1 aliphatic rings. The highest BCUT2D eigenvalue weighted by Gasteiger charge is 2.48. The summed E-state index contributed by atoms with van der Waals surface area (Å²) in [5.74, 6) is -0.371. The summed E-state index contributed by atoms with van der Waals surface area (Å²) in [7, 11) is 0. The van der Waals surface area contributed by atoms with Gasteiger partial charge in [0.25, 0.3) is 0 Å². The molecule has 1 aromatic carbocycles. The van der Waals surface area contributed by atoms with Gasteiger partial charge in [-0.2, -0.15) is 0 Å². The Morgan fingerprint density at radius 3 is 2.43 bits per heavy atom. The lowest BCUT2D eigenvalue weighted by Crippen LogP contribution is -2.33. The Kier molecular flexibility index (Phi) is 4.50. The topological polar surface area (TPSA) is 75.6 Å². The van der Waals surface area contributed by atoms with Crippen molar-refractivity contribution in [2.24, 2.45) is 5.41 Å². The van der Waals surface area contributed by atoms with Gasteiger partial charge in [0.1, 0.15) is 5.75 Å². The summed E-state index contributed by atoms with van der Waals surface area (Å²) < 4.78 is 5.08. The first kappa shape index (κ1) is 15.4. The Labute approximate surface area is 124 Å². The van der Waals surface area contributed by atoms with Crippen LogP contribution in [0, 0.1) is 5.41 Å². The molecule has 0 aliphatic heterocycles. The fraction of sp³-hybridized carbons (Fsp3) is 0.500. The van der Waals surface area contributed by atoms with Crippen LogP contribution in [0.5, 0.6) is 5.75 Å². The van der Waals surface area contributed by atoms with Crippen LogP contribution in [0.1, 0.15) is 44.7 Å². The zero-order valence-electron chi connectivity index (χ0n) is 12.4. The fourth-order valence-corrected chi connectivity index (χ4v) is 2.32. The maximum atomic E-state index is 12.2. The van der Waals surface area contributed by atoms with E-state index in [0.717, 1.165) is 24.8 Å². The van der Waals surface area contributed by atoms with Crippen molar-refractivity contribution in [1.29, 1.82) is 0 Å². The van der Waals surface area contributed by atoms with Crippen molar-refractivity contribution in [3.05, 3.63) is 29.8 Å². The highest BCUT2D eigenvalue weighted by Crippen LogP contribution is 2.49. The highest BCUT2D eigenvalue weighted by molar-refractivity contribution is 5.85. The Morgan fingerprint density at radius 2 is 1.95 bits per heavy atom. The van der Waals surface area contributed by atoms with Gasteiger partial charge in [-0.25, -0.2) is 4.79 Å². The molecule has 5 nitrogen and oxygen atoms in total. The van der Waals surface area contributed by atoms with Gasteiger partial charge in [-0.05, 0) is 43.9 Å². The second-order valence-corrected chi connectivity index (χ2v) is 5.58. The summed E-state index contributed by atoms with van der Waals surface area (Å²) in [6, 6.07) is 7.04. The molecule has 0 spiro atoms. The molecule has 21 heavy (non-hydrogen) atoms. The predicted octanol–water partition coefficient (Wildman–Crippen LogP) is 2.52. The maximum absolute atomic E-state index is 12.2. The van der Waals surface area contributed by atoms with Crippen LogP contribution in [0.25, 0.3) is 0 Å². The third kappa shape index (κ3) is 3.74. The number of amides is 1. The lowest BCUT2D eigenvalue weighted by Gasteiger charge is -2.19. The van der Waals surface area contributed by atoms with Crippen LogP contribution in [-0.4, -0.2) is 23.6 Å². The summed E-state index contributed by atoms with van der Waals surface area (Å²) in [6.07, 6.45) is 2.83. The molecule has 2 rings (SSSR count). The molecule has 5 heteroatoms. The van der Waals surface area contributed by atoms with Crippen molar-refractivity contribution in [3.8, 4) is 5.75 Å². The third-order valence-corrected chi connectivity index (χ3v) is 4.10. The zero-order valence-corrected chi connectivity index (χ0v) is 12.4. The number of aliphatic carboxylic acids is 1. The minimum atomic E-state index is -1.01. The van der Waals surface area contributed by atoms with Gasteiger partial charge in [0.15, 0.2) is 6.61 Å². The predicted molar refractivity (Wildman–Crippen MR) is 78.1 cm³/mol. The molecule has 0 bridgehead atoms. The van der Waals surface area contributed by atoms with E-state index in [4.69, 9.17) is 9.84 Å². The van der Waals surface area contributed by atoms with Gasteiger partial charge in [0.2, 0.25) is 5.91 Å². The van der Waals surface area contributed by atoms with Crippen molar-refractivity contribution in [1.82, 2.24) is 5.32 Å². The summed E-state index contributed by atoms with van der Waals surface area (Å²) in [5.41, 5.74) is 0.830. The molecule has 0 heterocycles. The molecule has 1 atom stereocenters. The van der Waals surface area contributed by atoms with Crippen LogP contribution in [0.2, 0.25) is 0 Å². The number of rotatable bonds is 7. The Morgan fingerprint density at radius 1 is 1.33 bits per heavy atom. The van der Waals surface area contributed by atoms with Crippen molar-refractivity contribution in [3.63, 3.8) is 0 Å². The van der Waals surface area contributed by atoms with E-state index in [1.165, 1.54) is 0 Å². The lowest BCUT2D eigenvalue weighted by atomic mass is 10.0. The molecule has 2 N–H and O–H groups in total. The third-order valence-electron chi connectivity index (χ3n) is 4.10. The zero-order chi connectivity index (χ0) is 15.5. The fourth-order valence-electron chi connectivity index (χ4n) is 2.32. The number of hydrogen-bond acceptors (Lipinski definition) is 3. The van der Waals surface area contributed by atoms with Crippen molar-refractivity contribution in [2.75, 3.05) is 6.61 Å². The molecule has 114 valence electrons. The van der Waals surface area contributed by atoms with Gasteiger partial charge >= 0.3 is 5.97 Å². The monoisotopic (exact) mass is 291 g/mol. The van der Waals surface area contributed by atoms with Crippen LogP contribution in [0.4, 0.5) is 0 Å². The minimum Gasteiger partial charge on any atom is -0.482 e. The average Bonchev–Trinajstić information content (AvgIpc) is 3.26. The number of benzene rings is 1. The second-order valence-electron chi connectivity index (χ2n) is 5.58. The quantitative estimate of drug-likeness (QED) is 0.809. The van der Waals surface area contributed by atoms with Crippen LogP contribution in [0.15, 0.2) is 24.3 Å². The Hall–Kier alpha value is -2.04. The molecular weight excluding hydrogens is 270 g/mol. The highest BCUT2D eigenvalue weighted by atomic mass is 16.5. The average molecular weight is 291 g/mol. The summed E-state index contributed by atoms with van der Waals surface area (Å²) in [4.78, 5) is 22.6. The minimum absolute atomic E-state index is 0.0740. The molecule has 1 saturated carbocycles. The van der Waals surface area contributed by atoms with Crippen LogP contribution in [-0.2, 0) is 9.59 Å². The maximum Gasteiger partial charge on any atom is 0.341 e. The normalized spacial score (nSPS) is 16.9. The second kappa shape index (κ2) is 6.16. The number of carboxylic acids is 1. The van der Waals surface area contributed by atoms with Crippen molar-refractivity contribution in [2.45, 2.75) is 39.2 Å². The number of carbonyl (C=O) groups is 2. The molecule has 1 aliphatic carbocycles. The van der Waals surface area contributed by atoms with E-state index < -0.39 is 5.97 Å². The van der Waals surface area contributed by atoms with Crippen LogP contribution < -0.4 is 10.1 Å².